The Kier molecular flexibility index (Phi) is 6.03. The van der Waals surface area contributed by atoms with E-state index in [2.05, 4.69) is 39.9 Å². The number of pyridine rings is 1. The Bertz CT molecular complexity index is 791. The predicted octanol–water partition coefficient (Wildman–Crippen LogP) is 2.94. The maximum Gasteiger partial charge on any atom is 0.253 e. The molecule has 2 aliphatic rings. The molecule has 1 amide bonds. The zero-order chi connectivity index (χ0) is 19.3. The topological polar surface area (TPSA) is 39.7 Å². The molecule has 1 aromatic carbocycles. The van der Waals surface area contributed by atoms with Crippen molar-refractivity contribution in [2.75, 3.05) is 39.3 Å². The number of hydrogen-bond donors (Lipinski definition) is 0. The molecule has 5 heteroatoms. The van der Waals surface area contributed by atoms with Crippen molar-refractivity contribution < 1.29 is 4.79 Å². The van der Waals surface area contributed by atoms with Gasteiger partial charge in [0.15, 0.2) is 0 Å². The molecular weight excluding hydrogens is 348 g/mol. The Balaban J connectivity index is 1.29. The zero-order valence-corrected chi connectivity index (χ0v) is 16.8. The third-order valence-electron chi connectivity index (χ3n) is 5.96. The van der Waals surface area contributed by atoms with Crippen LogP contribution in [0.5, 0.6) is 0 Å². The van der Waals surface area contributed by atoms with Crippen molar-refractivity contribution in [3.8, 4) is 0 Å². The molecule has 0 unspecified atom stereocenters. The Labute approximate surface area is 168 Å². The fourth-order valence-electron chi connectivity index (χ4n) is 4.14. The number of carbonyl (C=O) groups is 1. The molecule has 0 saturated carbocycles. The van der Waals surface area contributed by atoms with E-state index in [0.717, 1.165) is 50.5 Å². The molecule has 28 heavy (non-hydrogen) atoms. The molecule has 0 atom stereocenters. The maximum atomic E-state index is 12.9. The number of benzene rings is 1. The summed E-state index contributed by atoms with van der Waals surface area (Å²) in [4.78, 5) is 24.2. The number of nitrogens with zero attached hydrogens (tertiary/aromatic N) is 4. The van der Waals surface area contributed by atoms with Crippen LogP contribution in [0.3, 0.4) is 0 Å². The minimum Gasteiger partial charge on any atom is -0.336 e. The Morgan fingerprint density at radius 1 is 0.893 bits per heavy atom. The number of likely N-dealkylation sites (tertiary alicyclic amines) is 1. The van der Waals surface area contributed by atoms with Crippen LogP contribution in [0.2, 0.25) is 0 Å². The van der Waals surface area contributed by atoms with Crippen molar-refractivity contribution in [2.45, 2.75) is 32.9 Å². The minimum absolute atomic E-state index is 0.154. The first-order chi connectivity index (χ1) is 13.7. The van der Waals surface area contributed by atoms with Crippen LogP contribution in [0.4, 0.5) is 0 Å². The van der Waals surface area contributed by atoms with Gasteiger partial charge in [-0.3, -0.25) is 19.6 Å². The molecule has 2 fully saturated rings. The maximum absolute atomic E-state index is 12.9. The van der Waals surface area contributed by atoms with Gasteiger partial charge in [0.1, 0.15) is 0 Å². The zero-order valence-electron chi connectivity index (χ0n) is 16.8. The normalized spacial score (nSPS) is 18.5. The molecule has 2 aliphatic heterocycles. The van der Waals surface area contributed by atoms with Gasteiger partial charge in [-0.05, 0) is 62.2 Å². The largest absolute Gasteiger partial charge is 0.336 e. The first-order valence-electron chi connectivity index (χ1n) is 10.4. The van der Waals surface area contributed by atoms with Crippen LogP contribution in [0.1, 0.15) is 40.0 Å². The second-order valence-corrected chi connectivity index (χ2v) is 8.02. The lowest BCUT2D eigenvalue weighted by molar-refractivity contribution is 0.0626. The molecule has 0 aliphatic carbocycles. The quantitative estimate of drug-likeness (QED) is 0.802. The van der Waals surface area contributed by atoms with E-state index in [-0.39, 0.29) is 5.91 Å². The fraction of sp³-hybridized carbons (Fsp3) is 0.478. The van der Waals surface area contributed by atoms with Crippen molar-refractivity contribution in [1.29, 1.82) is 0 Å². The lowest BCUT2D eigenvalue weighted by Gasteiger charge is -2.34. The first kappa shape index (κ1) is 19.1. The molecule has 1 aromatic heterocycles. The Morgan fingerprint density at radius 3 is 2.25 bits per heavy atom. The van der Waals surface area contributed by atoms with E-state index < -0.39 is 0 Å². The van der Waals surface area contributed by atoms with E-state index in [0.29, 0.717) is 0 Å². The highest BCUT2D eigenvalue weighted by Gasteiger charge is 2.22. The van der Waals surface area contributed by atoms with Crippen LogP contribution in [-0.2, 0) is 13.1 Å². The lowest BCUT2D eigenvalue weighted by Crippen LogP contribution is -2.48. The summed E-state index contributed by atoms with van der Waals surface area (Å²) in [5.41, 5.74) is 4.47. The molecular formula is C23H30N4O. The Morgan fingerprint density at radius 2 is 1.57 bits per heavy atom. The fourth-order valence-corrected chi connectivity index (χ4v) is 4.14. The smallest absolute Gasteiger partial charge is 0.253 e. The van der Waals surface area contributed by atoms with E-state index in [4.69, 9.17) is 0 Å². The molecule has 0 bridgehead atoms. The van der Waals surface area contributed by atoms with Gasteiger partial charge in [-0.25, -0.2) is 0 Å². The summed E-state index contributed by atoms with van der Waals surface area (Å²) in [6.07, 6.45) is 4.47. The Hall–Kier alpha value is -2.24. The average molecular weight is 379 g/mol. The molecule has 2 aromatic rings. The molecule has 0 N–H and O–H groups in total. The summed E-state index contributed by atoms with van der Waals surface area (Å²) in [6.45, 7) is 9.71. The van der Waals surface area contributed by atoms with Crippen LogP contribution >= 0.6 is 0 Å². The van der Waals surface area contributed by atoms with Gasteiger partial charge >= 0.3 is 0 Å². The summed E-state index contributed by atoms with van der Waals surface area (Å²) < 4.78 is 0. The number of amides is 1. The highest BCUT2D eigenvalue weighted by Crippen LogP contribution is 2.16. The number of hydrogen-bond acceptors (Lipinski definition) is 4. The summed E-state index contributed by atoms with van der Waals surface area (Å²) in [6, 6.07) is 12.3. The van der Waals surface area contributed by atoms with E-state index in [9.17, 15) is 4.79 Å². The lowest BCUT2D eigenvalue weighted by atomic mass is 10.1. The summed E-state index contributed by atoms with van der Waals surface area (Å²) in [5.74, 6) is 0.154. The number of piperazine rings is 1. The molecule has 0 spiro atoms. The summed E-state index contributed by atoms with van der Waals surface area (Å²) in [5, 5.41) is 0. The van der Waals surface area contributed by atoms with Crippen LogP contribution in [0.15, 0.2) is 42.6 Å². The van der Waals surface area contributed by atoms with E-state index >= 15 is 0 Å². The predicted molar refractivity (Wildman–Crippen MR) is 111 cm³/mol. The molecule has 3 heterocycles. The number of aromatic nitrogens is 1. The van der Waals surface area contributed by atoms with Gasteiger partial charge in [0.2, 0.25) is 0 Å². The van der Waals surface area contributed by atoms with Crippen LogP contribution < -0.4 is 0 Å². The molecule has 4 rings (SSSR count). The van der Waals surface area contributed by atoms with Crippen LogP contribution in [0.25, 0.3) is 0 Å². The molecule has 148 valence electrons. The monoisotopic (exact) mass is 378 g/mol. The van der Waals surface area contributed by atoms with Crippen molar-refractivity contribution >= 4 is 5.91 Å². The minimum atomic E-state index is 0.154. The number of carbonyl (C=O) groups excluding carboxylic acids is 1. The van der Waals surface area contributed by atoms with E-state index in [1.807, 2.05) is 29.3 Å². The van der Waals surface area contributed by atoms with Crippen molar-refractivity contribution in [3.05, 3.63) is 65.0 Å². The highest BCUT2D eigenvalue weighted by molar-refractivity contribution is 5.94. The molecule has 2 saturated heterocycles. The second-order valence-electron chi connectivity index (χ2n) is 8.02. The summed E-state index contributed by atoms with van der Waals surface area (Å²) in [7, 11) is 0. The van der Waals surface area contributed by atoms with Gasteiger partial charge in [-0.2, -0.15) is 0 Å². The van der Waals surface area contributed by atoms with Gasteiger partial charge in [0, 0.05) is 51.0 Å². The van der Waals surface area contributed by atoms with Crippen LogP contribution in [-0.4, -0.2) is 64.9 Å². The van der Waals surface area contributed by atoms with Gasteiger partial charge < -0.3 is 4.90 Å². The second kappa shape index (κ2) is 8.84. The van der Waals surface area contributed by atoms with Gasteiger partial charge in [-0.1, -0.05) is 18.2 Å². The van der Waals surface area contributed by atoms with Crippen molar-refractivity contribution in [3.63, 3.8) is 0 Å². The average Bonchev–Trinajstić information content (AvgIpc) is 3.23. The van der Waals surface area contributed by atoms with Crippen molar-refractivity contribution in [2.24, 2.45) is 0 Å². The molecule has 5 nitrogen and oxygen atoms in total. The SMILES string of the molecule is Cc1cccnc1CN1CCN(C(=O)c2ccc(CN3CCCC3)cc2)CC1. The van der Waals surface area contributed by atoms with Gasteiger partial charge in [0.05, 0.1) is 5.69 Å². The molecule has 0 radical (unpaired) electrons. The first-order valence-corrected chi connectivity index (χ1v) is 10.4. The third-order valence-corrected chi connectivity index (χ3v) is 5.96. The summed E-state index contributed by atoms with van der Waals surface area (Å²) >= 11 is 0. The van der Waals surface area contributed by atoms with Crippen molar-refractivity contribution in [1.82, 2.24) is 19.7 Å². The highest BCUT2D eigenvalue weighted by atomic mass is 16.2. The van der Waals surface area contributed by atoms with Gasteiger partial charge in [0.25, 0.3) is 5.91 Å². The number of rotatable bonds is 5. The van der Waals surface area contributed by atoms with Crippen LogP contribution in [0, 0.1) is 6.92 Å². The van der Waals surface area contributed by atoms with Gasteiger partial charge in [-0.15, -0.1) is 0 Å². The van der Waals surface area contributed by atoms with E-state index in [1.165, 1.54) is 37.1 Å². The number of aryl methyl sites for hydroxylation is 1. The van der Waals surface area contributed by atoms with E-state index in [1.54, 1.807) is 0 Å². The third kappa shape index (κ3) is 4.59. The standard InChI is InChI=1S/C23H30N4O/c1-19-5-4-10-24-22(19)18-26-13-15-27(16-14-26)23(28)21-8-6-20(7-9-21)17-25-11-2-3-12-25/h4-10H,2-3,11-18H2,1H3.